The van der Waals surface area contributed by atoms with Crippen LogP contribution in [-0.2, 0) is 27.7 Å². The van der Waals surface area contributed by atoms with Crippen LogP contribution >= 0.6 is 0 Å². The van der Waals surface area contributed by atoms with Crippen LogP contribution in [0, 0.1) is 0 Å². The highest BCUT2D eigenvalue weighted by Gasteiger charge is 2.32. The Bertz CT molecular complexity index is 1150. The number of hydrogen-bond donors (Lipinski definition) is 0. The fourth-order valence-corrected chi connectivity index (χ4v) is 5.82. The van der Waals surface area contributed by atoms with Gasteiger partial charge >= 0.3 is 0 Å². The van der Waals surface area contributed by atoms with Gasteiger partial charge in [-0.1, -0.05) is 60.7 Å². The zero-order valence-corrected chi connectivity index (χ0v) is 19.4. The predicted octanol–water partition coefficient (Wildman–Crippen LogP) is 4.66. The van der Waals surface area contributed by atoms with Crippen LogP contribution in [0.3, 0.4) is 0 Å². The van der Waals surface area contributed by atoms with Gasteiger partial charge in [0.05, 0.1) is 10.6 Å². The molecule has 0 radical (unpaired) electrons. The van der Waals surface area contributed by atoms with Crippen molar-refractivity contribution in [3.63, 3.8) is 0 Å². The first-order valence-electron chi connectivity index (χ1n) is 11.3. The summed E-state index contributed by atoms with van der Waals surface area (Å²) in [5.74, 6) is 0.792. The van der Waals surface area contributed by atoms with E-state index < -0.39 is 9.84 Å². The molecule has 5 nitrogen and oxygen atoms in total. The SMILES string of the molecule is O=C(CCc1ccc(OCc2ccccc2)cc1)N1CCCC1CS(=O)(=O)c1ccccc1. The van der Waals surface area contributed by atoms with E-state index in [9.17, 15) is 13.2 Å². The van der Waals surface area contributed by atoms with Crippen molar-refractivity contribution in [3.8, 4) is 5.75 Å². The second-order valence-corrected chi connectivity index (χ2v) is 10.4. The van der Waals surface area contributed by atoms with E-state index in [4.69, 9.17) is 4.74 Å². The van der Waals surface area contributed by atoms with Gasteiger partial charge in [0, 0.05) is 19.0 Å². The molecule has 0 saturated carbocycles. The zero-order chi connectivity index (χ0) is 23.1. The van der Waals surface area contributed by atoms with Gasteiger partial charge in [0.1, 0.15) is 12.4 Å². The Morgan fingerprint density at radius 3 is 2.24 bits per heavy atom. The molecule has 0 aromatic heterocycles. The molecule has 172 valence electrons. The van der Waals surface area contributed by atoms with Gasteiger partial charge in [-0.15, -0.1) is 0 Å². The third kappa shape index (κ3) is 6.23. The van der Waals surface area contributed by atoms with Crippen LogP contribution in [-0.4, -0.2) is 37.6 Å². The summed E-state index contributed by atoms with van der Waals surface area (Å²) in [6, 6.07) is 26.0. The standard InChI is InChI=1S/C27H29NO4S/c29-27(28-19-7-10-24(28)21-33(30,31)26-11-5-2-6-12-26)18-15-22-13-16-25(17-14-22)32-20-23-8-3-1-4-9-23/h1-6,8-9,11-14,16-17,24H,7,10,15,18-21H2. The van der Waals surface area contributed by atoms with E-state index in [1.807, 2.05) is 54.6 Å². The summed E-state index contributed by atoms with van der Waals surface area (Å²) in [4.78, 5) is 15.0. The highest BCUT2D eigenvalue weighted by Crippen LogP contribution is 2.23. The lowest BCUT2D eigenvalue weighted by Gasteiger charge is -2.24. The molecular formula is C27H29NO4S. The summed E-state index contributed by atoms with van der Waals surface area (Å²) in [5.41, 5.74) is 2.17. The van der Waals surface area contributed by atoms with E-state index >= 15 is 0 Å². The maximum Gasteiger partial charge on any atom is 0.223 e. The lowest BCUT2D eigenvalue weighted by Crippen LogP contribution is -2.39. The number of rotatable bonds is 9. The average Bonchev–Trinajstić information content (AvgIpc) is 3.30. The van der Waals surface area contributed by atoms with E-state index in [2.05, 4.69) is 0 Å². The largest absolute Gasteiger partial charge is 0.489 e. The highest BCUT2D eigenvalue weighted by molar-refractivity contribution is 7.91. The van der Waals surface area contributed by atoms with Crippen molar-refractivity contribution < 1.29 is 17.9 Å². The van der Waals surface area contributed by atoms with E-state index in [0.29, 0.717) is 30.9 Å². The lowest BCUT2D eigenvalue weighted by molar-refractivity contribution is -0.131. The molecule has 0 N–H and O–H groups in total. The Morgan fingerprint density at radius 1 is 0.879 bits per heavy atom. The fraction of sp³-hybridized carbons (Fsp3) is 0.296. The second-order valence-electron chi connectivity index (χ2n) is 8.40. The van der Waals surface area contributed by atoms with Crippen LogP contribution in [0.25, 0.3) is 0 Å². The predicted molar refractivity (Wildman–Crippen MR) is 129 cm³/mol. The van der Waals surface area contributed by atoms with E-state index in [0.717, 1.165) is 29.7 Å². The van der Waals surface area contributed by atoms with E-state index in [1.165, 1.54) is 0 Å². The van der Waals surface area contributed by atoms with Crippen LogP contribution in [0.1, 0.15) is 30.4 Å². The summed E-state index contributed by atoms with van der Waals surface area (Å²) >= 11 is 0. The molecule has 1 saturated heterocycles. The summed E-state index contributed by atoms with van der Waals surface area (Å²) in [7, 11) is -3.42. The maximum atomic E-state index is 12.9. The zero-order valence-electron chi connectivity index (χ0n) is 18.6. The van der Waals surface area contributed by atoms with Crippen LogP contribution < -0.4 is 4.74 Å². The number of carbonyl (C=O) groups is 1. The molecule has 1 heterocycles. The van der Waals surface area contributed by atoms with Gasteiger partial charge in [0.2, 0.25) is 5.91 Å². The molecule has 3 aromatic carbocycles. The average molecular weight is 464 g/mol. The molecule has 1 aliphatic rings. The van der Waals surface area contributed by atoms with Crippen LogP contribution in [0.15, 0.2) is 89.8 Å². The summed E-state index contributed by atoms with van der Waals surface area (Å²) in [5, 5.41) is 0. The molecule has 1 amide bonds. The van der Waals surface area contributed by atoms with Gasteiger partial charge < -0.3 is 9.64 Å². The number of aryl methyl sites for hydroxylation is 1. The number of benzene rings is 3. The second kappa shape index (κ2) is 10.7. The molecular weight excluding hydrogens is 434 g/mol. The molecule has 4 rings (SSSR count). The normalized spacial score (nSPS) is 16.0. The van der Waals surface area contributed by atoms with Crippen molar-refractivity contribution in [1.29, 1.82) is 0 Å². The third-order valence-electron chi connectivity index (χ3n) is 6.01. The van der Waals surface area contributed by atoms with Crippen molar-refractivity contribution >= 4 is 15.7 Å². The third-order valence-corrected chi connectivity index (χ3v) is 7.82. The summed E-state index contributed by atoms with van der Waals surface area (Å²) in [6.07, 6.45) is 2.55. The minimum atomic E-state index is -3.42. The molecule has 0 aliphatic carbocycles. The van der Waals surface area contributed by atoms with Gasteiger partial charge in [0.25, 0.3) is 0 Å². The monoisotopic (exact) mass is 463 g/mol. The van der Waals surface area contributed by atoms with Gasteiger partial charge in [0.15, 0.2) is 9.84 Å². The molecule has 3 aromatic rings. The number of likely N-dealkylation sites (tertiary alicyclic amines) is 1. The van der Waals surface area contributed by atoms with Crippen LogP contribution in [0.4, 0.5) is 0 Å². The molecule has 6 heteroatoms. The Balaban J connectivity index is 1.29. The highest BCUT2D eigenvalue weighted by atomic mass is 32.2. The lowest BCUT2D eigenvalue weighted by atomic mass is 10.1. The Morgan fingerprint density at radius 2 is 1.55 bits per heavy atom. The minimum Gasteiger partial charge on any atom is -0.489 e. The number of nitrogens with zero attached hydrogens (tertiary/aromatic N) is 1. The molecule has 1 atom stereocenters. The topological polar surface area (TPSA) is 63.7 Å². The van der Waals surface area contributed by atoms with Gasteiger partial charge in [-0.2, -0.15) is 0 Å². The van der Waals surface area contributed by atoms with Gasteiger partial charge in [-0.3, -0.25) is 4.79 Å². The molecule has 0 spiro atoms. The number of carbonyl (C=O) groups excluding carboxylic acids is 1. The fourth-order valence-electron chi connectivity index (χ4n) is 4.20. The first-order chi connectivity index (χ1) is 16.0. The van der Waals surface area contributed by atoms with Gasteiger partial charge in [-0.05, 0) is 54.7 Å². The smallest absolute Gasteiger partial charge is 0.223 e. The van der Waals surface area contributed by atoms with E-state index in [-0.39, 0.29) is 17.7 Å². The Hall–Kier alpha value is -3.12. The molecule has 0 bridgehead atoms. The molecule has 1 unspecified atom stereocenters. The first-order valence-corrected chi connectivity index (χ1v) is 13.0. The summed E-state index contributed by atoms with van der Waals surface area (Å²) < 4.78 is 31.3. The first kappa shape index (κ1) is 23.1. The van der Waals surface area contributed by atoms with Crippen molar-refractivity contribution in [2.24, 2.45) is 0 Å². The van der Waals surface area contributed by atoms with Crippen molar-refractivity contribution in [2.75, 3.05) is 12.3 Å². The number of amides is 1. The number of ether oxygens (including phenoxy) is 1. The minimum absolute atomic E-state index is 0.0177. The van der Waals surface area contributed by atoms with Gasteiger partial charge in [-0.25, -0.2) is 8.42 Å². The van der Waals surface area contributed by atoms with Crippen LogP contribution in [0.2, 0.25) is 0 Å². The molecule has 1 aliphatic heterocycles. The quantitative estimate of drug-likeness (QED) is 0.463. The Kier molecular flexibility index (Phi) is 7.45. The maximum absolute atomic E-state index is 12.9. The molecule has 33 heavy (non-hydrogen) atoms. The number of hydrogen-bond acceptors (Lipinski definition) is 4. The Labute approximate surface area is 195 Å². The van der Waals surface area contributed by atoms with Crippen molar-refractivity contribution in [2.45, 2.75) is 43.2 Å². The van der Waals surface area contributed by atoms with Crippen LogP contribution in [0.5, 0.6) is 5.75 Å². The summed E-state index contributed by atoms with van der Waals surface area (Å²) in [6.45, 7) is 1.14. The van der Waals surface area contributed by atoms with Crippen molar-refractivity contribution in [1.82, 2.24) is 4.90 Å². The number of sulfone groups is 1. The van der Waals surface area contributed by atoms with Crippen molar-refractivity contribution in [3.05, 3.63) is 96.1 Å². The van der Waals surface area contributed by atoms with E-state index in [1.54, 1.807) is 35.2 Å². The molecule has 1 fully saturated rings.